The highest BCUT2D eigenvalue weighted by molar-refractivity contribution is 4.98. The Morgan fingerprint density at radius 1 is 1.25 bits per heavy atom. The van der Waals surface area contributed by atoms with Gasteiger partial charge in [0.1, 0.15) is 0 Å². The highest BCUT2D eigenvalue weighted by atomic mass is 16.3. The van der Waals surface area contributed by atoms with Crippen LogP contribution in [0.3, 0.4) is 0 Å². The third-order valence-electron chi connectivity index (χ3n) is 3.88. The van der Waals surface area contributed by atoms with E-state index in [0.717, 1.165) is 12.8 Å². The fraction of sp³-hybridized carbons (Fsp3) is 0.867. The summed E-state index contributed by atoms with van der Waals surface area (Å²) >= 11 is 0. The molecule has 1 heteroatoms. The predicted molar refractivity (Wildman–Crippen MR) is 69.0 cm³/mol. The molecule has 0 unspecified atom stereocenters. The number of aliphatic hydroxyl groups excluding tert-OH is 1. The molecule has 92 valence electrons. The predicted octanol–water partition coefficient (Wildman–Crippen LogP) is 3.76. The Bertz CT molecular complexity index is 210. The van der Waals surface area contributed by atoms with Gasteiger partial charge >= 0.3 is 0 Å². The van der Waals surface area contributed by atoms with Crippen LogP contribution >= 0.6 is 0 Å². The van der Waals surface area contributed by atoms with Gasteiger partial charge in [-0.05, 0) is 25.2 Å². The molecule has 0 saturated heterocycles. The third kappa shape index (κ3) is 4.18. The van der Waals surface area contributed by atoms with E-state index in [1.807, 2.05) is 0 Å². The summed E-state index contributed by atoms with van der Waals surface area (Å²) in [6.45, 7) is 2.20. The highest BCUT2D eigenvalue weighted by Gasteiger charge is 2.27. The smallest absolute Gasteiger partial charge is 0.0705 e. The number of hydrogen-bond acceptors (Lipinski definition) is 1. The van der Waals surface area contributed by atoms with Crippen molar-refractivity contribution in [2.75, 3.05) is 0 Å². The van der Waals surface area contributed by atoms with Gasteiger partial charge in [0.25, 0.3) is 0 Å². The second-order valence-corrected chi connectivity index (χ2v) is 5.16. The first kappa shape index (κ1) is 13.6. The monoisotopic (exact) mass is 222 g/mol. The zero-order valence-electron chi connectivity index (χ0n) is 10.6. The van der Waals surface area contributed by atoms with E-state index >= 15 is 0 Å². The molecule has 0 aromatic heterocycles. The molecule has 0 aliphatic heterocycles. The molecule has 0 bridgehead atoms. The van der Waals surface area contributed by atoms with Crippen molar-refractivity contribution >= 4 is 0 Å². The minimum atomic E-state index is -0.248. The van der Waals surface area contributed by atoms with Crippen molar-refractivity contribution in [3.8, 4) is 12.3 Å². The number of hydrogen-bond donors (Lipinski definition) is 1. The SMILES string of the molecule is C#C[C@@H](CCCCC)[C@H](O)C1CCCCC1. The quantitative estimate of drug-likeness (QED) is 0.536. The number of unbranched alkanes of at least 4 members (excludes halogenated alkanes) is 2. The van der Waals surface area contributed by atoms with Gasteiger partial charge in [0.2, 0.25) is 0 Å². The first-order valence-electron chi connectivity index (χ1n) is 6.93. The minimum Gasteiger partial charge on any atom is -0.392 e. The molecule has 1 fully saturated rings. The molecule has 1 aliphatic carbocycles. The lowest BCUT2D eigenvalue weighted by Gasteiger charge is -2.30. The van der Waals surface area contributed by atoms with Crippen LogP contribution in [0.4, 0.5) is 0 Å². The summed E-state index contributed by atoms with van der Waals surface area (Å²) in [4.78, 5) is 0. The Morgan fingerprint density at radius 3 is 2.50 bits per heavy atom. The molecule has 1 N–H and O–H groups in total. The van der Waals surface area contributed by atoms with Crippen molar-refractivity contribution in [3.05, 3.63) is 0 Å². The maximum absolute atomic E-state index is 10.3. The van der Waals surface area contributed by atoms with Gasteiger partial charge in [0, 0.05) is 5.92 Å². The molecule has 0 amide bonds. The lowest BCUT2D eigenvalue weighted by atomic mass is 9.79. The largest absolute Gasteiger partial charge is 0.392 e. The van der Waals surface area contributed by atoms with Gasteiger partial charge in [-0.1, -0.05) is 45.4 Å². The van der Waals surface area contributed by atoms with Gasteiger partial charge in [-0.25, -0.2) is 0 Å². The Labute approximate surface area is 101 Å². The maximum Gasteiger partial charge on any atom is 0.0705 e. The Hall–Kier alpha value is -0.480. The fourth-order valence-electron chi connectivity index (χ4n) is 2.77. The standard InChI is InChI=1S/C15H26O/c1-3-5-7-10-13(4-2)15(16)14-11-8-6-9-12-14/h2,13-16H,3,5-12H2,1H3/t13-,15-/m0/s1. The second-order valence-electron chi connectivity index (χ2n) is 5.16. The number of terminal acetylenes is 1. The molecule has 0 spiro atoms. The number of rotatable bonds is 6. The average Bonchev–Trinajstić information content (AvgIpc) is 2.35. The van der Waals surface area contributed by atoms with Crippen molar-refractivity contribution in [2.24, 2.45) is 11.8 Å². The van der Waals surface area contributed by atoms with Crippen LogP contribution in [0.2, 0.25) is 0 Å². The van der Waals surface area contributed by atoms with Crippen molar-refractivity contribution in [3.63, 3.8) is 0 Å². The van der Waals surface area contributed by atoms with Crippen LogP contribution in [0.25, 0.3) is 0 Å². The molecule has 2 atom stereocenters. The summed E-state index contributed by atoms with van der Waals surface area (Å²) in [6.07, 6.45) is 16.1. The fourth-order valence-corrected chi connectivity index (χ4v) is 2.77. The molecule has 0 heterocycles. The first-order valence-corrected chi connectivity index (χ1v) is 6.93. The molecule has 16 heavy (non-hydrogen) atoms. The van der Waals surface area contributed by atoms with Gasteiger partial charge < -0.3 is 5.11 Å². The third-order valence-corrected chi connectivity index (χ3v) is 3.88. The van der Waals surface area contributed by atoms with Crippen LogP contribution in [-0.2, 0) is 0 Å². The van der Waals surface area contributed by atoms with Crippen molar-refractivity contribution in [1.29, 1.82) is 0 Å². The van der Waals surface area contributed by atoms with E-state index in [9.17, 15) is 5.11 Å². The molecule has 1 nitrogen and oxygen atoms in total. The van der Waals surface area contributed by atoms with Gasteiger partial charge in [-0.15, -0.1) is 12.3 Å². The van der Waals surface area contributed by atoms with Gasteiger partial charge in [0.05, 0.1) is 6.10 Å². The second kappa shape index (κ2) is 7.74. The lowest BCUT2D eigenvalue weighted by Crippen LogP contribution is -2.30. The minimum absolute atomic E-state index is 0.0923. The summed E-state index contributed by atoms with van der Waals surface area (Å²) in [5.74, 6) is 3.37. The van der Waals surface area contributed by atoms with E-state index < -0.39 is 0 Å². The van der Waals surface area contributed by atoms with E-state index in [1.54, 1.807) is 0 Å². The molecule has 1 saturated carbocycles. The van der Waals surface area contributed by atoms with Crippen LogP contribution in [0, 0.1) is 24.2 Å². The zero-order valence-corrected chi connectivity index (χ0v) is 10.6. The lowest BCUT2D eigenvalue weighted by molar-refractivity contribution is 0.0494. The van der Waals surface area contributed by atoms with E-state index in [4.69, 9.17) is 6.42 Å². The van der Waals surface area contributed by atoms with Crippen LogP contribution in [-0.4, -0.2) is 11.2 Å². The molecule has 0 aromatic carbocycles. The molecule has 1 rings (SSSR count). The Kier molecular flexibility index (Phi) is 6.57. The van der Waals surface area contributed by atoms with Gasteiger partial charge in [-0.3, -0.25) is 0 Å². The summed E-state index contributed by atoms with van der Waals surface area (Å²) < 4.78 is 0. The summed E-state index contributed by atoms with van der Waals surface area (Å²) in [6, 6.07) is 0. The van der Waals surface area contributed by atoms with Crippen LogP contribution in [0.15, 0.2) is 0 Å². The normalized spacial score (nSPS) is 21.3. The van der Waals surface area contributed by atoms with Crippen LogP contribution < -0.4 is 0 Å². The molecule has 0 radical (unpaired) electrons. The topological polar surface area (TPSA) is 20.2 Å². The molecular weight excluding hydrogens is 196 g/mol. The van der Waals surface area contributed by atoms with E-state index in [2.05, 4.69) is 12.8 Å². The van der Waals surface area contributed by atoms with E-state index in [1.165, 1.54) is 44.9 Å². The summed E-state index contributed by atoms with van der Waals surface area (Å²) in [5.41, 5.74) is 0. The Balaban J connectivity index is 2.35. The van der Waals surface area contributed by atoms with Gasteiger partial charge in [-0.2, -0.15) is 0 Å². The molecule has 0 aromatic rings. The summed E-state index contributed by atoms with van der Waals surface area (Å²) in [7, 11) is 0. The molecule has 1 aliphatic rings. The maximum atomic E-state index is 10.3. The highest BCUT2D eigenvalue weighted by Crippen LogP contribution is 2.31. The zero-order chi connectivity index (χ0) is 11.8. The van der Waals surface area contributed by atoms with Gasteiger partial charge in [0.15, 0.2) is 0 Å². The Morgan fingerprint density at radius 2 is 1.94 bits per heavy atom. The van der Waals surface area contributed by atoms with Crippen LogP contribution in [0.1, 0.15) is 64.7 Å². The molecular formula is C15H26O. The van der Waals surface area contributed by atoms with Crippen molar-refractivity contribution in [2.45, 2.75) is 70.8 Å². The first-order chi connectivity index (χ1) is 7.79. The van der Waals surface area contributed by atoms with Crippen molar-refractivity contribution in [1.82, 2.24) is 0 Å². The van der Waals surface area contributed by atoms with Crippen molar-refractivity contribution < 1.29 is 5.11 Å². The average molecular weight is 222 g/mol. The van der Waals surface area contributed by atoms with E-state index in [-0.39, 0.29) is 12.0 Å². The van der Waals surface area contributed by atoms with Crippen LogP contribution in [0.5, 0.6) is 0 Å². The van der Waals surface area contributed by atoms with E-state index in [0.29, 0.717) is 5.92 Å². The number of aliphatic hydroxyl groups is 1. The summed E-state index contributed by atoms with van der Waals surface area (Å²) in [5, 5.41) is 10.3.